The fourth-order valence-electron chi connectivity index (χ4n) is 6.87. The van der Waals surface area contributed by atoms with E-state index in [4.69, 9.17) is 4.74 Å². The summed E-state index contributed by atoms with van der Waals surface area (Å²) in [6.45, 7) is 2.44. The Morgan fingerprint density at radius 3 is 2.67 bits per heavy atom. The number of phenolic OH excluding ortho intramolecular Hbond substituents is 1. The third-order valence-corrected chi connectivity index (χ3v) is 9.20. The molecule has 1 aromatic carbocycles. The average molecular weight is 559 g/mol. The summed E-state index contributed by atoms with van der Waals surface area (Å²) in [6.07, 6.45) is 9.86. The molecule has 7 heteroatoms. The number of nitrogens with zero attached hydrogens (tertiary/aromatic N) is 1. The molecule has 0 bridgehead atoms. The molecular weight excluding hydrogens is 522 g/mol. The monoisotopic (exact) mass is 557 g/mol. The number of imide groups is 1. The summed E-state index contributed by atoms with van der Waals surface area (Å²) in [6, 6.07) is 5.44. The zero-order valence-electron chi connectivity index (χ0n) is 20.9. The standard InChI is InChI=1S/C29H36BrNO5/c1-2-17(12-18-13-20(30)9-10-24(18)33)8-11-25-26-19(15-32)14-22-27(23(26)16-36-25)29(35)31(28(22)34)21-6-4-3-5-7-21/h9-10,12-13,21-23,25,27,32-33H,2-8,11,14-16H2,1H3/b17-12+/t22-,23+,25-,27-/m1/s1. The Kier molecular flexibility index (Phi) is 7.70. The maximum absolute atomic E-state index is 13.6. The number of benzene rings is 1. The van der Waals surface area contributed by atoms with Crippen LogP contribution in [0.3, 0.4) is 0 Å². The Morgan fingerprint density at radius 2 is 1.94 bits per heavy atom. The molecule has 6 nitrogen and oxygen atoms in total. The Morgan fingerprint density at radius 1 is 1.17 bits per heavy atom. The van der Waals surface area contributed by atoms with Gasteiger partial charge in [0.1, 0.15) is 5.75 Å². The molecule has 194 valence electrons. The van der Waals surface area contributed by atoms with Crippen molar-refractivity contribution in [1.29, 1.82) is 0 Å². The molecule has 2 saturated heterocycles. The van der Waals surface area contributed by atoms with E-state index in [9.17, 15) is 19.8 Å². The molecule has 1 aromatic rings. The number of rotatable bonds is 7. The van der Waals surface area contributed by atoms with Crippen molar-refractivity contribution in [2.75, 3.05) is 13.2 Å². The number of halogens is 1. The molecule has 4 aliphatic rings. The third-order valence-electron chi connectivity index (χ3n) is 8.70. The van der Waals surface area contributed by atoms with Crippen molar-refractivity contribution in [1.82, 2.24) is 4.90 Å². The van der Waals surface area contributed by atoms with Gasteiger partial charge in [0.25, 0.3) is 0 Å². The number of hydrogen-bond acceptors (Lipinski definition) is 5. The number of allylic oxidation sites excluding steroid dienone is 1. The lowest BCUT2D eigenvalue weighted by molar-refractivity contribution is -0.143. The predicted octanol–water partition coefficient (Wildman–Crippen LogP) is 5.37. The Bertz CT molecular complexity index is 1090. The van der Waals surface area contributed by atoms with Gasteiger partial charge in [-0.3, -0.25) is 14.5 Å². The second kappa shape index (κ2) is 10.8. The fourth-order valence-corrected chi connectivity index (χ4v) is 7.25. The van der Waals surface area contributed by atoms with Crippen LogP contribution in [0.4, 0.5) is 0 Å². The van der Waals surface area contributed by atoms with E-state index in [0.717, 1.165) is 66.1 Å². The van der Waals surface area contributed by atoms with Gasteiger partial charge in [0.15, 0.2) is 0 Å². The maximum Gasteiger partial charge on any atom is 0.234 e. The molecule has 0 radical (unpaired) electrons. The maximum atomic E-state index is 13.6. The van der Waals surface area contributed by atoms with Gasteiger partial charge in [-0.25, -0.2) is 0 Å². The molecule has 2 N–H and O–H groups in total. The number of aromatic hydroxyl groups is 1. The largest absolute Gasteiger partial charge is 0.507 e. The summed E-state index contributed by atoms with van der Waals surface area (Å²) in [5.41, 5.74) is 3.93. The number of carbonyl (C=O) groups is 2. The number of phenols is 1. The number of aliphatic hydroxyl groups excluding tert-OH is 1. The topological polar surface area (TPSA) is 87.1 Å². The van der Waals surface area contributed by atoms with Crippen LogP contribution in [-0.2, 0) is 14.3 Å². The first-order chi connectivity index (χ1) is 17.4. The number of ether oxygens (including phenoxy) is 1. The summed E-state index contributed by atoms with van der Waals surface area (Å²) >= 11 is 3.47. The van der Waals surface area contributed by atoms with Crippen molar-refractivity contribution in [2.24, 2.45) is 17.8 Å². The molecule has 0 spiro atoms. The van der Waals surface area contributed by atoms with Gasteiger partial charge in [0, 0.05) is 22.0 Å². The molecule has 36 heavy (non-hydrogen) atoms. The summed E-state index contributed by atoms with van der Waals surface area (Å²) in [4.78, 5) is 28.6. The molecule has 3 fully saturated rings. The van der Waals surface area contributed by atoms with Crippen LogP contribution in [0.1, 0.15) is 70.3 Å². The van der Waals surface area contributed by atoms with Crippen molar-refractivity contribution in [3.8, 4) is 5.75 Å². The Hall–Kier alpha value is -1.96. The van der Waals surface area contributed by atoms with Gasteiger partial charge in [-0.2, -0.15) is 0 Å². The molecule has 5 rings (SSSR count). The van der Waals surface area contributed by atoms with Gasteiger partial charge >= 0.3 is 0 Å². The minimum Gasteiger partial charge on any atom is -0.507 e. The van der Waals surface area contributed by atoms with Gasteiger partial charge in [-0.05, 0) is 67.9 Å². The second-order valence-corrected chi connectivity index (χ2v) is 11.6. The second-order valence-electron chi connectivity index (χ2n) is 10.7. The molecule has 4 atom stereocenters. The van der Waals surface area contributed by atoms with Crippen molar-refractivity contribution < 1.29 is 24.5 Å². The van der Waals surface area contributed by atoms with Crippen LogP contribution in [-0.4, -0.2) is 52.3 Å². The lowest BCUT2D eigenvalue weighted by atomic mass is 9.69. The van der Waals surface area contributed by atoms with Crippen molar-refractivity contribution >= 4 is 33.8 Å². The summed E-state index contributed by atoms with van der Waals surface area (Å²) in [5.74, 6) is -0.630. The highest BCUT2D eigenvalue weighted by atomic mass is 79.9. The van der Waals surface area contributed by atoms with Crippen molar-refractivity contribution in [2.45, 2.75) is 76.9 Å². The lowest BCUT2D eigenvalue weighted by Crippen LogP contribution is -2.42. The minimum atomic E-state index is -0.358. The number of fused-ring (bicyclic) bond motifs is 3. The van der Waals surface area contributed by atoms with E-state index in [1.807, 2.05) is 18.2 Å². The number of hydrogen-bond donors (Lipinski definition) is 2. The average Bonchev–Trinajstić information content (AvgIpc) is 3.42. The van der Waals surface area contributed by atoms with E-state index < -0.39 is 0 Å². The zero-order chi connectivity index (χ0) is 25.4. The van der Waals surface area contributed by atoms with Crippen LogP contribution in [0.15, 0.2) is 39.4 Å². The van der Waals surface area contributed by atoms with Gasteiger partial charge in [0.2, 0.25) is 11.8 Å². The molecular formula is C29H36BrNO5. The van der Waals surface area contributed by atoms with E-state index >= 15 is 0 Å². The molecule has 0 aromatic heterocycles. The predicted molar refractivity (Wildman–Crippen MR) is 141 cm³/mol. The van der Waals surface area contributed by atoms with Crippen LogP contribution < -0.4 is 0 Å². The number of amides is 2. The van der Waals surface area contributed by atoms with Crippen molar-refractivity contribution in [3.63, 3.8) is 0 Å². The highest BCUT2D eigenvalue weighted by Crippen LogP contribution is 2.50. The fraction of sp³-hybridized carbons (Fsp3) is 0.586. The molecule has 2 amide bonds. The van der Waals surface area contributed by atoms with E-state index in [0.29, 0.717) is 13.0 Å². The van der Waals surface area contributed by atoms with Gasteiger partial charge < -0.3 is 14.9 Å². The first-order valence-corrected chi connectivity index (χ1v) is 14.2. The zero-order valence-corrected chi connectivity index (χ0v) is 22.5. The van der Waals surface area contributed by atoms with Crippen molar-refractivity contribution in [3.05, 3.63) is 45.0 Å². The summed E-state index contributed by atoms with van der Waals surface area (Å²) in [5, 5.41) is 20.5. The Labute approximate surface area is 221 Å². The van der Waals surface area contributed by atoms with Gasteiger partial charge in [-0.15, -0.1) is 0 Å². The minimum absolute atomic E-state index is 0.0140. The molecule has 2 aliphatic heterocycles. The SMILES string of the molecule is CC/C(=C\c1cc(Br)ccc1O)CC[C@H]1OC[C@H]2C1=C(CO)C[C@H]1C(=O)N(C3CCCCC3)C(=O)[C@H]12. The smallest absolute Gasteiger partial charge is 0.234 e. The van der Waals surface area contributed by atoms with Crippen LogP contribution in [0, 0.1) is 17.8 Å². The number of aliphatic hydroxyl groups is 1. The van der Waals surface area contributed by atoms with Crippen LogP contribution in [0.5, 0.6) is 5.75 Å². The van der Waals surface area contributed by atoms with Crippen LogP contribution in [0.25, 0.3) is 6.08 Å². The quantitative estimate of drug-likeness (QED) is 0.347. The van der Waals surface area contributed by atoms with Gasteiger partial charge in [-0.1, -0.05) is 53.8 Å². The van der Waals surface area contributed by atoms with E-state index in [-0.39, 0.29) is 54.1 Å². The highest BCUT2D eigenvalue weighted by molar-refractivity contribution is 9.10. The lowest BCUT2D eigenvalue weighted by Gasteiger charge is -2.31. The normalized spacial score (nSPS) is 29.2. The number of likely N-dealkylation sites (tertiary alicyclic amines) is 1. The highest BCUT2D eigenvalue weighted by Gasteiger charge is 2.58. The molecule has 1 saturated carbocycles. The van der Waals surface area contributed by atoms with Gasteiger partial charge in [0.05, 0.1) is 31.2 Å². The summed E-state index contributed by atoms with van der Waals surface area (Å²) in [7, 11) is 0. The van der Waals surface area contributed by atoms with E-state index in [1.54, 1.807) is 11.0 Å². The molecule has 2 aliphatic carbocycles. The first kappa shape index (κ1) is 25.7. The van der Waals surface area contributed by atoms with E-state index in [2.05, 4.69) is 22.9 Å². The van der Waals surface area contributed by atoms with Crippen LogP contribution >= 0.6 is 15.9 Å². The number of carbonyl (C=O) groups excluding carboxylic acids is 2. The molecule has 2 heterocycles. The van der Waals surface area contributed by atoms with Crippen LogP contribution in [0.2, 0.25) is 0 Å². The van der Waals surface area contributed by atoms with E-state index in [1.165, 1.54) is 12.0 Å². The third kappa shape index (κ3) is 4.70. The first-order valence-electron chi connectivity index (χ1n) is 13.4. The Balaban J connectivity index is 1.34. The summed E-state index contributed by atoms with van der Waals surface area (Å²) < 4.78 is 7.17. The molecule has 0 unspecified atom stereocenters.